The highest BCUT2D eigenvalue weighted by atomic mass is 19.1. The van der Waals surface area contributed by atoms with E-state index in [4.69, 9.17) is 0 Å². The van der Waals surface area contributed by atoms with Crippen LogP contribution in [0.5, 0.6) is 0 Å². The van der Waals surface area contributed by atoms with E-state index < -0.39 is 5.67 Å². The van der Waals surface area contributed by atoms with E-state index in [1.54, 1.807) is 0 Å². The lowest BCUT2D eigenvalue weighted by molar-refractivity contribution is 0.343. The van der Waals surface area contributed by atoms with Crippen LogP contribution in [0.15, 0.2) is 30.5 Å². The van der Waals surface area contributed by atoms with Crippen LogP contribution in [0, 0.1) is 13.8 Å². The Morgan fingerprint density at radius 3 is 2.48 bits per heavy atom. The number of fused-ring (bicyclic) bond motifs is 1. The maximum atomic E-state index is 13.7. The molecule has 0 amide bonds. The van der Waals surface area contributed by atoms with Crippen molar-refractivity contribution in [1.82, 2.24) is 10.3 Å². The van der Waals surface area contributed by atoms with Gasteiger partial charge in [-0.3, -0.25) is 0 Å². The summed E-state index contributed by atoms with van der Waals surface area (Å²) in [6, 6.07) is 6.44. The lowest BCUT2D eigenvalue weighted by Gasteiger charge is -2.11. The van der Waals surface area contributed by atoms with Gasteiger partial charge in [0.2, 0.25) is 0 Å². The Hall–Kier alpha value is -1.77. The Bertz CT molecular complexity index is 612. The lowest BCUT2D eigenvalue weighted by Crippen LogP contribution is -2.21. The second-order valence-electron chi connectivity index (χ2n) is 5.62. The monoisotopic (exact) mass is 288 g/mol. The summed E-state index contributed by atoms with van der Waals surface area (Å²) < 4.78 is 13.7. The quantitative estimate of drug-likeness (QED) is 0.821. The van der Waals surface area contributed by atoms with Crippen LogP contribution in [-0.4, -0.2) is 10.7 Å². The van der Waals surface area contributed by atoms with E-state index >= 15 is 0 Å². The van der Waals surface area contributed by atoms with Crippen molar-refractivity contribution in [3.05, 3.63) is 47.3 Å². The number of H-pyrrole nitrogens is 1. The summed E-state index contributed by atoms with van der Waals surface area (Å²) in [4.78, 5) is 3.36. The van der Waals surface area contributed by atoms with Crippen LogP contribution in [0.4, 0.5) is 4.39 Å². The molecular weight excluding hydrogens is 263 g/mol. The van der Waals surface area contributed by atoms with Gasteiger partial charge in [-0.1, -0.05) is 20.4 Å². The van der Waals surface area contributed by atoms with E-state index in [1.807, 2.05) is 13.8 Å². The van der Waals surface area contributed by atoms with Crippen molar-refractivity contribution in [2.45, 2.75) is 52.8 Å². The zero-order valence-electron chi connectivity index (χ0n) is 13.4. The number of rotatable bonds is 4. The van der Waals surface area contributed by atoms with Gasteiger partial charge in [-0.2, -0.15) is 0 Å². The van der Waals surface area contributed by atoms with Crippen LogP contribution in [0.25, 0.3) is 10.9 Å². The standard InChI is InChI=1S/C16H19FN2.C2H6/c1-10-6-13-8-14(19-15(13)7-11(10)2)9-18-12(3)16(17)4-5-16;1-2/h6-8,18-19H,3-5,9H2,1-2H3;1-2H3. The molecule has 2 N–H and O–H groups in total. The number of aromatic amines is 1. The number of allylic oxidation sites excluding steroid dienone is 1. The molecule has 1 aromatic heterocycles. The molecule has 0 unspecified atom stereocenters. The average molecular weight is 288 g/mol. The molecule has 0 saturated heterocycles. The molecule has 114 valence electrons. The zero-order chi connectivity index (χ0) is 15.6. The van der Waals surface area contributed by atoms with Crippen molar-refractivity contribution in [1.29, 1.82) is 0 Å². The third-order valence-electron chi connectivity index (χ3n) is 4.01. The largest absolute Gasteiger partial charge is 0.381 e. The maximum Gasteiger partial charge on any atom is 0.149 e. The third kappa shape index (κ3) is 3.29. The molecule has 1 aliphatic rings. The molecule has 3 rings (SSSR count). The van der Waals surface area contributed by atoms with E-state index in [0.29, 0.717) is 25.1 Å². The third-order valence-corrected chi connectivity index (χ3v) is 4.01. The van der Waals surface area contributed by atoms with E-state index in [2.05, 4.69) is 48.9 Å². The van der Waals surface area contributed by atoms with Crippen molar-refractivity contribution in [2.75, 3.05) is 0 Å². The Balaban J connectivity index is 0.000000774. The van der Waals surface area contributed by atoms with E-state index in [9.17, 15) is 4.39 Å². The van der Waals surface area contributed by atoms with Gasteiger partial charge in [-0.15, -0.1) is 0 Å². The predicted molar refractivity (Wildman–Crippen MR) is 88.2 cm³/mol. The Morgan fingerprint density at radius 2 is 1.86 bits per heavy atom. The molecule has 1 aliphatic carbocycles. The first-order valence-electron chi connectivity index (χ1n) is 7.69. The topological polar surface area (TPSA) is 27.8 Å². The Morgan fingerprint density at radius 1 is 1.24 bits per heavy atom. The van der Waals surface area contributed by atoms with Gasteiger partial charge in [0.25, 0.3) is 0 Å². The van der Waals surface area contributed by atoms with Crippen LogP contribution in [0.3, 0.4) is 0 Å². The fourth-order valence-electron chi connectivity index (χ4n) is 2.33. The highest BCUT2D eigenvalue weighted by Crippen LogP contribution is 2.44. The predicted octanol–water partition coefficient (Wildman–Crippen LogP) is 4.92. The highest BCUT2D eigenvalue weighted by molar-refractivity contribution is 5.82. The summed E-state index contributed by atoms with van der Waals surface area (Å²) in [7, 11) is 0. The van der Waals surface area contributed by atoms with Gasteiger partial charge in [-0.05, 0) is 61.4 Å². The first kappa shape index (κ1) is 15.6. The van der Waals surface area contributed by atoms with Crippen LogP contribution in [-0.2, 0) is 6.54 Å². The normalized spacial score (nSPS) is 15.3. The molecule has 0 radical (unpaired) electrons. The first-order chi connectivity index (χ1) is 9.98. The fraction of sp³-hybridized carbons (Fsp3) is 0.444. The van der Waals surface area contributed by atoms with Gasteiger partial charge in [0.15, 0.2) is 0 Å². The lowest BCUT2D eigenvalue weighted by atomic mass is 10.1. The smallest absolute Gasteiger partial charge is 0.149 e. The van der Waals surface area contributed by atoms with Crippen LogP contribution < -0.4 is 5.32 Å². The van der Waals surface area contributed by atoms with E-state index in [-0.39, 0.29) is 0 Å². The van der Waals surface area contributed by atoms with E-state index in [1.165, 1.54) is 16.5 Å². The van der Waals surface area contributed by atoms with Crippen molar-refractivity contribution < 1.29 is 4.39 Å². The molecule has 2 aromatic rings. The molecule has 21 heavy (non-hydrogen) atoms. The SMILES string of the molecule is C=C(NCc1cc2cc(C)c(C)cc2[nH]1)C1(F)CC1.CC. The summed E-state index contributed by atoms with van der Waals surface area (Å²) >= 11 is 0. The number of hydrogen-bond donors (Lipinski definition) is 2. The molecule has 3 heteroatoms. The van der Waals surface area contributed by atoms with Crippen molar-refractivity contribution in [3.63, 3.8) is 0 Å². The molecule has 1 aromatic carbocycles. The van der Waals surface area contributed by atoms with Crippen LogP contribution in [0.2, 0.25) is 0 Å². The van der Waals surface area contributed by atoms with Gasteiger partial charge in [0.05, 0.1) is 6.54 Å². The summed E-state index contributed by atoms with van der Waals surface area (Å²) in [6.07, 6.45) is 1.20. The minimum absolute atomic E-state index is 0.513. The number of hydrogen-bond acceptors (Lipinski definition) is 1. The second-order valence-corrected chi connectivity index (χ2v) is 5.62. The molecular formula is C18H25FN2. The van der Waals surface area contributed by atoms with Crippen LogP contribution >= 0.6 is 0 Å². The molecule has 2 nitrogen and oxygen atoms in total. The number of halogens is 1. The minimum Gasteiger partial charge on any atom is -0.381 e. The van der Waals surface area contributed by atoms with Gasteiger partial charge in [0, 0.05) is 16.9 Å². The van der Waals surface area contributed by atoms with Gasteiger partial charge < -0.3 is 10.3 Å². The summed E-state index contributed by atoms with van der Waals surface area (Å²) in [6.45, 7) is 12.6. The number of benzene rings is 1. The molecule has 1 fully saturated rings. The second kappa shape index (κ2) is 5.92. The van der Waals surface area contributed by atoms with E-state index in [0.717, 1.165) is 11.2 Å². The highest BCUT2D eigenvalue weighted by Gasteiger charge is 2.46. The fourth-order valence-corrected chi connectivity index (χ4v) is 2.33. The molecule has 1 heterocycles. The number of alkyl halides is 1. The zero-order valence-corrected chi connectivity index (χ0v) is 13.4. The molecule has 0 spiro atoms. The van der Waals surface area contributed by atoms with Crippen molar-refractivity contribution in [2.24, 2.45) is 0 Å². The van der Waals surface area contributed by atoms with Crippen molar-refractivity contribution >= 4 is 10.9 Å². The first-order valence-corrected chi connectivity index (χ1v) is 7.69. The number of aryl methyl sites for hydroxylation is 2. The Kier molecular flexibility index (Phi) is 4.40. The molecule has 1 saturated carbocycles. The Labute approximate surface area is 126 Å². The summed E-state index contributed by atoms with van der Waals surface area (Å²) in [5.74, 6) is 0. The molecule has 0 bridgehead atoms. The molecule has 0 aliphatic heterocycles. The van der Waals surface area contributed by atoms with Crippen molar-refractivity contribution in [3.8, 4) is 0 Å². The maximum absolute atomic E-state index is 13.7. The summed E-state index contributed by atoms with van der Waals surface area (Å²) in [5.41, 5.74) is 4.12. The average Bonchev–Trinajstić information content (AvgIpc) is 3.11. The minimum atomic E-state index is -1.15. The van der Waals surface area contributed by atoms with Gasteiger partial charge in [0.1, 0.15) is 5.67 Å². The van der Waals surface area contributed by atoms with Gasteiger partial charge >= 0.3 is 0 Å². The number of nitrogens with one attached hydrogen (secondary N) is 2. The van der Waals surface area contributed by atoms with Gasteiger partial charge in [-0.25, -0.2) is 4.39 Å². The number of aromatic nitrogens is 1. The summed E-state index contributed by atoms with van der Waals surface area (Å²) in [5, 5.41) is 4.29. The molecule has 0 atom stereocenters. The van der Waals surface area contributed by atoms with Crippen LogP contribution in [0.1, 0.15) is 43.5 Å².